The van der Waals surface area contributed by atoms with E-state index in [-0.39, 0.29) is 0 Å². The number of rotatable bonds is 4. The predicted octanol–water partition coefficient (Wildman–Crippen LogP) is 3.22. The van der Waals surface area contributed by atoms with Crippen LogP contribution >= 0.6 is 11.6 Å². The van der Waals surface area contributed by atoms with Crippen molar-refractivity contribution in [2.24, 2.45) is 0 Å². The second-order valence-electron chi connectivity index (χ2n) is 5.89. The lowest BCUT2D eigenvalue weighted by molar-refractivity contribution is 0.564. The van der Waals surface area contributed by atoms with Crippen molar-refractivity contribution in [2.45, 2.75) is 38.1 Å². The third-order valence-corrected chi connectivity index (χ3v) is 4.56. The zero-order valence-corrected chi connectivity index (χ0v) is 13.4. The van der Waals surface area contributed by atoms with Gasteiger partial charge in [0.05, 0.1) is 18.4 Å². The van der Waals surface area contributed by atoms with E-state index in [4.69, 9.17) is 11.6 Å². The first-order chi connectivity index (χ1) is 11.3. The highest BCUT2D eigenvalue weighted by molar-refractivity contribution is 6.30. The van der Waals surface area contributed by atoms with E-state index in [2.05, 4.69) is 20.4 Å². The van der Waals surface area contributed by atoms with Gasteiger partial charge in [0.25, 0.3) is 0 Å². The highest BCUT2D eigenvalue weighted by atomic mass is 35.5. The summed E-state index contributed by atoms with van der Waals surface area (Å²) in [7, 11) is 0. The Morgan fingerprint density at radius 3 is 2.70 bits per heavy atom. The molecule has 7 heteroatoms. The van der Waals surface area contributed by atoms with Gasteiger partial charge in [-0.25, -0.2) is 14.3 Å². The van der Waals surface area contributed by atoms with E-state index in [1.165, 1.54) is 25.7 Å². The minimum atomic E-state index is 0.531. The van der Waals surface area contributed by atoms with Gasteiger partial charge in [0.1, 0.15) is 17.8 Å². The van der Waals surface area contributed by atoms with Crippen molar-refractivity contribution in [3.63, 3.8) is 0 Å². The third kappa shape index (κ3) is 2.99. The Balaban J connectivity index is 1.54. The number of hydrogen-bond acceptors (Lipinski definition) is 4. The van der Waals surface area contributed by atoms with E-state index >= 15 is 0 Å². The molecule has 0 saturated heterocycles. The van der Waals surface area contributed by atoms with Gasteiger partial charge in [-0.3, -0.25) is 0 Å². The highest BCUT2D eigenvalue weighted by Gasteiger charge is 2.22. The molecule has 0 aliphatic heterocycles. The molecule has 1 saturated carbocycles. The van der Waals surface area contributed by atoms with Gasteiger partial charge >= 0.3 is 0 Å². The van der Waals surface area contributed by atoms with Crippen LogP contribution in [0.25, 0.3) is 5.69 Å². The van der Waals surface area contributed by atoms with Gasteiger partial charge in [-0.1, -0.05) is 29.7 Å². The van der Waals surface area contributed by atoms with Crippen LogP contribution in [0.4, 0.5) is 0 Å². The van der Waals surface area contributed by atoms with Gasteiger partial charge in [0, 0.05) is 10.9 Å². The normalized spacial score (nSPS) is 15.3. The standard InChI is InChI=1S/C16H17ClN6/c17-13-5-7-15(8-6-13)22-9-14(20-21-22)10-23-16(18-11-19-23)12-3-1-2-4-12/h5-9,11-12H,1-4,10H2. The molecule has 23 heavy (non-hydrogen) atoms. The van der Waals surface area contributed by atoms with E-state index in [1.807, 2.05) is 35.1 Å². The molecule has 1 aliphatic rings. The molecule has 3 aromatic rings. The third-order valence-electron chi connectivity index (χ3n) is 4.31. The lowest BCUT2D eigenvalue weighted by atomic mass is 10.1. The maximum absolute atomic E-state index is 5.91. The molecule has 0 spiro atoms. The van der Waals surface area contributed by atoms with Crippen molar-refractivity contribution < 1.29 is 0 Å². The van der Waals surface area contributed by atoms with Gasteiger partial charge in [0.15, 0.2) is 0 Å². The van der Waals surface area contributed by atoms with E-state index in [1.54, 1.807) is 11.0 Å². The monoisotopic (exact) mass is 328 g/mol. The summed E-state index contributed by atoms with van der Waals surface area (Å²) in [4.78, 5) is 4.45. The zero-order valence-electron chi connectivity index (χ0n) is 12.6. The lowest BCUT2D eigenvalue weighted by Crippen LogP contribution is -2.10. The molecule has 118 valence electrons. The Morgan fingerprint density at radius 2 is 1.91 bits per heavy atom. The van der Waals surface area contributed by atoms with Crippen molar-refractivity contribution in [3.05, 3.63) is 53.3 Å². The van der Waals surface area contributed by atoms with Crippen LogP contribution < -0.4 is 0 Å². The fraction of sp³-hybridized carbons (Fsp3) is 0.375. The molecular weight excluding hydrogens is 312 g/mol. The predicted molar refractivity (Wildman–Crippen MR) is 86.7 cm³/mol. The lowest BCUT2D eigenvalue weighted by Gasteiger charge is -2.09. The summed E-state index contributed by atoms with van der Waals surface area (Å²) in [5, 5.41) is 13.5. The van der Waals surface area contributed by atoms with Gasteiger partial charge in [0.2, 0.25) is 0 Å². The van der Waals surface area contributed by atoms with Crippen molar-refractivity contribution in [3.8, 4) is 5.69 Å². The quantitative estimate of drug-likeness (QED) is 0.737. The summed E-state index contributed by atoms with van der Waals surface area (Å²) in [5.74, 6) is 1.60. The summed E-state index contributed by atoms with van der Waals surface area (Å²) in [6, 6.07) is 7.52. The molecular formula is C16H17ClN6. The van der Waals surface area contributed by atoms with Crippen LogP contribution in [-0.4, -0.2) is 29.8 Å². The molecule has 0 radical (unpaired) electrons. The average molecular weight is 329 g/mol. The Labute approximate surface area is 139 Å². The molecule has 0 N–H and O–H groups in total. The summed E-state index contributed by atoms with van der Waals surface area (Å²) < 4.78 is 3.70. The van der Waals surface area contributed by atoms with Gasteiger partial charge < -0.3 is 0 Å². The maximum Gasteiger partial charge on any atom is 0.138 e. The van der Waals surface area contributed by atoms with Crippen LogP contribution in [0.2, 0.25) is 5.02 Å². The van der Waals surface area contributed by atoms with Crippen LogP contribution in [-0.2, 0) is 6.54 Å². The van der Waals surface area contributed by atoms with Gasteiger partial charge in [-0.2, -0.15) is 5.10 Å². The maximum atomic E-state index is 5.91. The number of aromatic nitrogens is 6. The van der Waals surface area contributed by atoms with Gasteiger partial charge in [-0.15, -0.1) is 5.10 Å². The number of benzene rings is 1. The molecule has 1 aromatic carbocycles. The van der Waals surface area contributed by atoms with Crippen molar-refractivity contribution in [2.75, 3.05) is 0 Å². The van der Waals surface area contributed by atoms with E-state index in [0.29, 0.717) is 17.5 Å². The van der Waals surface area contributed by atoms with Crippen molar-refractivity contribution >= 4 is 11.6 Å². The van der Waals surface area contributed by atoms with Crippen LogP contribution in [0.15, 0.2) is 36.8 Å². The number of nitrogens with zero attached hydrogens (tertiary/aromatic N) is 6. The number of hydrogen-bond donors (Lipinski definition) is 0. The smallest absolute Gasteiger partial charge is 0.138 e. The second kappa shape index (κ2) is 6.12. The summed E-state index contributed by atoms with van der Waals surface area (Å²) in [5.41, 5.74) is 1.80. The van der Waals surface area contributed by atoms with Crippen LogP contribution in [0.5, 0.6) is 0 Å². The zero-order chi connectivity index (χ0) is 15.6. The molecule has 2 heterocycles. The molecule has 4 rings (SSSR count). The SMILES string of the molecule is Clc1ccc(-n2cc(Cn3ncnc3C3CCCC3)nn2)cc1. The van der Waals surface area contributed by atoms with Crippen molar-refractivity contribution in [1.29, 1.82) is 0 Å². The van der Waals surface area contributed by atoms with Gasteiger partial charge in [-0.05, 0) is 37.1 Å². The fourth-order valence-electron chi connectivity index (χ4n) is 3.14. The first kappa shape index (κ1) is 14.4. The van der Waals surface area contributed by atoms with E-state index in [0.717, 1.165) is 17.2 Å². The molecule has 0 amide bonds. The first-order valence-corrected chi connectivity index (χ1v) is 8.22. The molecule has 6 nitrogen and oxygen atoms in total. The largest absolute Gasteiger partial charge is 0.244 e. The Bertz CT molecular complexity index is 785. The summed E-state index contributed by atoms with van der Waals surface area (Å²) in [6.07, 6.45) is 8.53. The Kier molecular flexibility index (Phi) is 3.83. The van der Waals surface area contributed by atoms with Crippen LogP contribution in [0, 0.1) is 0 Å². The molecule has 1 aliphatic carbocycles. The molecule has 1 fully saturated rings. The Morgan fingerprint density at radius 1 is 1.13 bits per heavy atom. The molecule has 0 unspecified atom stereocenters. The van der Waals surface area contributed by atoms with E-state index < -0.39 is 0 Å². The first-order valence-electron chi connectivity index (χ1n) is 7.84. The van der Waals surface area contributed by atoms with Crippen molar-refractivity contribution in [1.82, 2.24) is 29.8 Å². The number of halogens is 1. The Hall–Kier alpha value is -2.21. The fourth-order valence-corrected chi connectivity index (χ4v) is 3.27. The molecule has 2 aromatic heterocycles. The molecule has 0 bridgehead atoms. The highest BCUT2D eigenvalue weighted by Crippen LogP contribution is 2.32. The van der Waals surface area contributed by atoms with Crippen LogP contribution in [0.1, 0.15) is 43.1 Å². The van der Waals surface area contributed by atoms with E-state index in [9.17, 15) is 0 Å². The van der Waals surface area contributed by atoms with Crippen LogP contribution in [0.3, 0.4) is 0 Å². The topological polar surface area (TPSA) is 61.4 Å². The molecule has 0 atom stereocenters. The minimum absolute atomic E-state index is 0.531. The average Bonchev–Trinajstić information content (AvgIpc) is 3.29. The summed E-state index contributed by atoms with van der Waals surface area (Å²) in [6.45, 7) is 0.597. The summed E-state index contributed by atoms with van der Waals surface area (Å²) >= 11 is 5.91. The minimum Gasteiger partial charge on any atom is -0.244 e. The second-order valence-corrected chi connectivity index (χ2v) is 6.32.